The molecule has 0 atom stereocenters. The Hall–Kier alpha value is -1.83. The Morgan fingerprint density at radius 1 is 1.53 bits per heavy atom. The normalized spacial score (nSPS) is 10.9. The van der Waals surface area contributed by atoms with E-state index in [1.54, 1.807) is 12.4 Å². The zero-order valence-electron chi connectivity index (χ0n) is 9.73. The van der Waals surface area contributed by atoms with Gasteiger partial charge >= 0.3 is 0 Å². The van der Waals surface area contributed by atoms with E-state index < -0.39 is 11.7 Å². The number of hydrogen-bond acceptors (Lipinski definition) is 4. The second-order valence-electron chi connectivity index (χ2n) is 3.56. The van der Waals surface area contributed by atoms with Gasteiger partial charge in [-0.15, -0.1) is 0 Å². The van der Waals surface area contributed by atoms with Crippen LogP contribution >= 0.6 is 11.8 Å². The fourth-order valence-corrected chi connectivity index (χ4v) is 1.81. The third kappa shape index (κ3) is 4.09. The molecule has 2 rings (SSSR count). The van der Waals surface area contributed by atoms with Gasteiger partial charge in [-0.05, 0) is 12.1 Å². The molecule has 0 aliphatic carbocycles. The van der Waals surface area contributed by atoms with E-state index in [2.05, 4.69) is 15.3 Å². The van der Waals surface area contributed by atoms with Crippen molar-refractivity contribution < 1.29 is 18.0 Å². The number of carbonyl (C=O) groups excluding carboxylic acids is 1. The number of nitrogens with zero attached hydrogens (tertiary/aromatic N) is 1. The third-order valence-corrected chi connectivity index (χ3v) is 2.91. The molecule has 8 heteroatoms. The summed E-state index contributed by atoms with van der Waals surface area (Å²) in [5, 5.41) is 2.60. The van der Waals surface area contributed by atoms with Gasteiger partial charge in [0.15, 0.2) is 5.76 Å². The van der Waals surface area contributed by atoms with Crippen molar-refractivity contribution in [1.82, 2.24) is 15.3 Å². The number of aromatic amines is 1. The number of rotatable bonds is 6. The second kappa shape index (κ2) is 6.37. The minimum absolute atomic E-state index is 0.0309. The largest absolute Gasteiger partial charge is 0.455 e. The lowest BCUT2D eigenvalue weighted by Crippen LogP contribution is -2.22. The van der Waals surface area contributed by atoms with Crippen molar-refractivity contribution in [2.45, 2.75) is 18.1 Å². The predicted octanol–water partition coefficient (Wildman–Crippen LogP) is 2.39. The van der Waals surface area contributed by atoms with Gasteiger partial charge in [0.1, 0.15) is 11.6 Å². The molecule has 0 radical (unpaired) electrons. The zero-order chi connectivity index (χ0) is 13.7. The molecule has 0 saturated carbocycles. The van der Waals surface area contributed by atoms with Crippen molar-refractivity contribution in [3.05, 3.63) is 41.9 Å². The van der Waals surface area contributed by atoms with Crippen LogP contribution in [-0.4, -0.2) is 21.6 Å². The highest BCUT2D eigenvalue weighted by atomic mass is 32.2. The van der Waals surface area contributed by atoms with Gasteiger partial charge in [-0.3, -0.25) is 4.79 Å². The van der Waals surface area contributed by atoms with Crippen LogP contribution in [0.1, 0.15) is 22.1 Å². The van der Waals surface area contributed by atoms with Crippen molar-refractivity contribution in [2.24, 2.45) is 0 Å². The van der Waals surface area contributed by atoms with Crippen molar-refractivity contribution >= 4 is 17.7 Å². The molecule has 5 nitrogen and oxygen atoms in total. The minimum Gasteiger partial charge on any atom is -0.455 e. The fourth-order valence-electron chi connectivity index (χ4n) is 1.37. The summed E-state index contributed by atoms with van der Waals surface area (Å²) >= 11 is 0.447. The number of alkyl halides is 2. The van der Waals surface area contributed by atoms with Crippen LogP contribution < -0.4 is 5.32 Å². The average molecular weight is 287 g/mol. The maximum atomic E-state index is 12.0. The topological polar surface area (TPSA) is 70.9 Å². The van der Waals surface area contributed by atoms with E-state index in [1.165, 1.54) is 12.1 Å². The molecule has 0 bridgehead atoms. The summed E-state index contributed by atoms with van der Waals surface area (Å²) in [4.78, 5) is 18.5. The summed E-state index contributed by atoms with van der Waals surface area (Å²) in [6.07, 6.45) is 3.22. The Kier molecular flexibility index (Phi) is 4.56. The van der Waals surface area contributed by atoms with Crippen LogP contribution in [0.5, 0.6) is 0 Å². The van der Waals surface area contributed by atoms with E-state index in [0.717, 1.165) is 0 Å². The Morgan fingerprint density at radius 2 is 2.37 bits per heavy atom. The van der Waals surface area contributed by atoms with Gasteiger partial charge in [0.25, 0.3) is 11.7 Å². The summed E-state index contributed by atoms with van der Waals surface area (Å²) in [5.41, 5.74) is 0. The van der Waals surface area contributed by atoms with Gasteiger partial charge in [0, 0.05) is 12.4 Å². The first-order valence-electron chi connectivity index (χ1n) is 5.40. The molecular formula is C11H11F2N3O2S. The van der Waals surface area contributed by atoms with Crippen LogP contribution in [-0.2, 0) is 12.3 Å². The molecule has 2 N–H and O–H groups in total. The molecular weight excluding hydrogens is 276 g/mol. The van der Waals surface area contributed by atoms with Gasteiger partial charge in [0.2, 0.25) is 0 Å². The van der Waals surface area contributed by atoms with Gasteiger partial charge in [-0.2, -0.15) is 8.78 Å². The Bertz CT molecular complexity index is 528. The first-order valence-corrected chi connectivity index (χ1v) is 6.45. The molecule has 0 aromatic carbocycles. The number of thioether (sulfide) groups is 1. The van der Waals surface area contributed by atoms with Crippen LogP contribution in [0, 0.1) is 0 Å². The number of imidazole rings is 1. The Balaban J connectivity index is 1.85. The number of amides is 1. The van der Waals surface area contributed by atoms with Crippen LogP contribution in [0.15, 0.2) is 28.9 Å². The van der Waals surface area contributed by atoms with E-state index in [9.17, 15) is 13.6 Å². The maximum Gasteiger partial charge on any atom is 0.287 e. The lowest BCUT2D eigenvalue weighted by molar-refractivity contribution is 0.0921. The smallest absolute Gasteiger partial charge is 0.287 e. The molecule has 0 aliphatic heterocycles. The van der Waals surface area contributed by atoms with Crippen molar-refractivity contribution in [3.8, 4) is 0 Å². The van der Waals surface area contributed by atoms with Gasteiger partial charge in [0.05, 0.1) is 12.3 Å². The molecule has 0 aliphatic rings. The fraction of sp³-hybridized carbons (Fsp3) is 0.273. The number of H-pyrrole nitrogens is 1. The molecule has 0 saturated heterocycles. The number of nitrogens with one attached hydrogen (secondary N) is 2. The highest BCUT2D eigenvalue weighted by Crippen LogP contribution is 2.21. The van der Waals surface area contributed by atoms with Crippen molar-refractivity contribution in [1.29, 1.82) is 0 Å². The predicted molar refractivity (Wildman–Crippen MR) is 65.8 cm³/mol. The number of aromatic nitrogens is 2. The van der Waals surface area contributed by atoms with Gasteiger partial charge in [-0.1, -0.05) is 11.8 Å². The van der Waals surface area contributed by atoms with Gasteiger partial charge < -0.3 is 14.7 Å². The first kappa shape index (κ1) is 13.6. The summed E-state index contributed by atoms with van der Waals surface area (Å²) in [7, 11) is 0. The summed E-state index contributed by atoms with van der Waals surface area (Å²) < 4.78 is 29.2. The molecule has 0 fully saturated rings. The van der Waals surface area contributed by atoms with Crippen molar-refractivity contribution in [2.75, 3.05) is 0 Å². The van der Waals surface area contributed by atoms with E-state index >= 15 is 0 Å². The summed E-state index contributed by atoms with van der Waals surface area (Å²) in [5.74, 6) is -1.78. The maximum absolute atomic E-state index is 12.0. The molecule has 102 valence electrons. The quantitative estimate of drug-likeness (QED) is 0.855. The molecule has 2 heterocycles. The second-order valence-corrected chi connectivity index (χ2v) is 4.53. The van der Waals surface area contributed by atoms with Gasteiger partial charge in [-0.25, -0.2) is 4.98 Å². The van der Waals surface area contributed by atoms with E-state index in [4.69, 9.17) is 4.42 Å². The number of carbonyl (C=O) groups is 1. The molecule has 0 unspecified atom stereocenters. The monoisotopic (exact) mass is 287 g/mol. The summed E-state index contributed by atoms with van der Waals surface area (Å²) in [6, 6.07) is 2.97. The SMILES string of the molecule is O=C(NCc1ncc[nH]1)c1ccc(CSC(F)F)o1. The Morgan fingerprint density at radius 3 is 3.05 bits per heavy atom. The molecule has 1 amide bonds. The number of furan rings is 1. The average Bonchev–Trinajstić information content (AvgIpc) is 3.04. The lowest BCUT2D eigenvalue weighted by Gasteiger charge is -2.00. The summed E-state index contributed by atoms with van der Waals surface area (Å²) in [6.45, 7) is 0.244. The van der Waals surface area contributed by atoms with E-state index in [0.29, 0.717) is 23.3 Å². The van der Waals surface area contributed by atoms with Crippen LogP contribution in [0.2, 0.25) is 0 Å². The van der Waals surface area contributed by atoms with Crippen LogP contribution in [0.25, 0.3) is 0 Å². The van der Waals surface area contributed by atoms with E-state index in [-0.39, 0.29) is 18.1 Å². The van der Waals surface area contributed by atoms with E-state index in [1.807, 2.05) is 0 Å². The zero-order valence-corrected chi connectivity index (χ0v) is 10.5. The van der Waals surface area contributed by atoms with Crippen LogP contribution in [0.4, 0.5) is 8.78 Å². The minimum atomic E-state index is -2.46. The number of halogens is 2. The molecule has 2 aromatic heterocycles. The molecule has 2 aromatic rings. The van der Waals surface area contributed by atoms with Crippen LogP contribution in [0.3, 0.4) is 0 Å². The standard InChI is InChI=1S/C11H11F2N3O2S/c12-11(13)19-6-7-1-2-8(18-7)10(17)16-5-9-14-3-4-15-9/h1-4,11H,5-6H2,(H,14,15)(H,16,17). The third-order valence-electron chi connectivity index (χ3n) is 2.21. The molecule has 0 spiro atoms. The molecule has 19 heavy (non-hydrogen) atoms. The first-order chi connectivity index (χ1) is 9.15. The highest BCUT2D eigenvalue weighted by Gasteiger charge is 2.12. The lowest BCUT2D eigenvalue weighted by atomic mass is 10.4. The van der Waals surface area contributed by atoms with Crippen molar-refractivity contribution in [3.63, 3.8) is 0 Å². The Labute approximate surface area is 111 Å². The number of hydrogen-bond donors (Lipinski definition) is 2. The highest BCUT2D eigenvalue weighted by molar-refractivity contribution is 7.98.